The molecule has 0 bridgehead atoms. The van der Waals surface area contributed by atoms with E-state index in [-0.39, 0.29) is 23.7 Å². The zero-order valence-corrected chi connectivity index (χ0v) is 17.3. The Morgan fingerprint density at radius 2 is 1.83 bits per heavy atom. The fourth-order valence-corrected chi connectivity index (χ4v) is 4.10. The molecule has 0 fully saturated rings. The molecule has 0 spiro atoms. The third-order valence-corrected chi connectivity index (χ3v) is 5.99. The maximum Gasteiger partial charge on any atom is 0.243 e. The van der Waals surface area contributed by atoms with Crippen LogP contribution in [0.3, 0.4) is 0 Å². The lowest BCUT2D eigenvalue weighted by molar-refractivity contribution is 0.292. The predicted octanol–water partition coefficient (Wildman–Crippen LogP) is 3.15. The van der Waals surface area contributed by atoms with Gasteiger partial charge in [0.2, 0.25) is 10.0 Å². The Morgan fingerprint density at radius 1 is 1.29 bits per heavy atom. The number of hydrogen-bond donors (Lipinski definition) is 1. The maximum absolute atomic E-state index is 13.0. The molecule has 1 aromatic rings. The van der Waals surface area contributed by atoms with Crippen molar-refractivity contribution in [3.8, 4) is 5.75 Å². The van der Waals surface area contributed by atoms with Crippen LogP contribution in [-0.2, 0) is 10.0 Å². The summed E-state index contributed by atoms with van der Waals surface area (Å²) < 4.78 is 32.7. The van der Waals surface area contributed by atoms with Crippen LogP contribution >= 0.6 is 12.4 Å². The van der Waals surface area contributed by atoms with Crippen LogP contribution < -0.4 is 10.5 Å². The molecule has 0 unspecified atom stereocenters. The van der Waals surface area contributed by atoms with Gasteiger partial charge in [-0.25, -0.2) is 12.7 Å². The van der Waals surface area contributed by atoms with E-state index in [4.69, 9.17) is 10.5 Å². The third kappa shape index (κ3) is 5.09. The number of rotatable bonds is 7. The van der Waals surface area contributed by atoms with E-state index < -0.39 is 10.0 Å². The smallest absolute Gasteiger partial charge is 0.243 e. The summed E-state index contributed by atoms with van der Waals surface area (Å²) in [6.45, 7) is 10.5. The first-order valence-corrected chi connectivity index (χ1v) is 9.25. The number of sulfonamides is 1. The summed E-state index contributed by atoms with van der Waals surface area (Å²) in [6.07, 6.45) is 0. The first-order valence-electron chi connectivity index (χ1n) is 7.81. The summed E-state index contributed by atoms with van der Waals surface area (Å²) in [5, 5.41) is 0. The average molecular weight is 379 g/mol. The second-order valence-electron chi connectivity index (χ2n) is 7.14. The second kappa shape index (κ2) is 8.52. The molecule has 1 rings (SSSR count). The molecule has 0 saturated carbocycles. The molecule has 0 heterocycles. The number of aryl methyl sites for hydroxylation is 1. The summed E-state index contributed by atoms with van der Waals surface area (Å²) in [5.74, 6) is 0.895. The minimum atomic E-state index is -3.57. The fraction of sp³-hybridized carbons (Fsp3) is 0.647. The SMILES string of the molecule is COc1cc(C)c(S(=O)(=O)N(C)CC(C)(C)CN)cc1C(C)C.Cl. The van der Waals surface area contributed by atoms with E-state index in [1.165, 1.54) is 4.31 Å². The average Bonchev–Trinajstić information content (AvgIpc) is 2.45. The lowest BCUT2D eigenvalue weighted by Gasteiger charge is -2.29. The Kier molecular flexibility index (Phi) is 8.23. The highest BCUT2D eigenvalue weighted by atomic mass is 35.5. The Hall–Kier alpha value is -0.820. The summed E-state index contributed by atoms with van der Waals surface area (Å²) in [5.41, 5.74) is 7.03. The molecule has 0 atom stereocenters. The van der Waals surface area contributed by atoms with Gasteiger partial charge in [0.05, 0.1) is 12.0 Å². The van der Waals surface area contributed by atoms with Crippen LogP contribution in [0.4, 0.5) is 0 Å². The van der Waals surface area contributed by atoms with Crippen LogP contribution in [0.25, 0.3) is 0 Å². The van der Waals surface area contributed by atoms with E-state index in [1.807, 2.05) is 27.7 Å². The van der Waals surface area contributed by atoms with Crippen LogP contribution in [0.2, 0.25) is 0 Å². The molecule has 24 heavy (non-hydrogen) atoms. The van der Waals surface area contributed by atoms with Crippen molar-refractivity contribution in [2.75, 3.05) is 27.2 Å². The Balaban J connectivity index is 0.00000529. The first-order chi connectivity index (χ1) is 10.5. The lowest BCUT2D eigenvalue weighted by Crippen LogP contribution is -2.40. The summed E-state index contributed by atoms with van der Waals surface area (Å²) in [7, 11) is -0.367. The molecule has 0 saturated heterocycles. The molecular formula is C17H31ClN2O3S. The number of nitrogens with zero attached hydrogens (tertiary/aromatic N) is 1. The molecule has 5 nitrogen and oxygen atoms in total. The van der Waals surface area contributed by atoms with E-state index in [1.54, 1.807) is 33.2 Å². The largest absolute Gasteiger partial charge is 0.496 e. The monoisotopic (exact) mass is 378 g/mol. The van der Waals surface area contributed by atoms with Crippen LogP contribution in [0, 0.1) is 12.3 Å². The minimum Gasteiger partial charge on any atom is -0.496 e. The number of halogens is 1. The van der Waals surface area contributed by atoms with Gasteiger partial charge in [-0.3, -0.25) is 0 Å². The van der Waals surface area contributed by atoms with E-state index in [2.05, 4.69) is 0 Å². The van der Waals surface area contributed by atoms with E-state index >= 15 is 0 Å². The molecule has 0 radical (unpaired) electrons. The van der Waals surface area contributed by atoms with Gasteiger partial charge in [0.25, 0.3) is 0 Å². The van der Waals surface area contributed by atoms with E-state index in [9.17, 15) is 8.42 Å². The Morgan fingerprint density at radius 3 is 2.25 bits per heavy atom. The number of benzene rings is 1. The van der Waals surface area contributed by atoms with Crippen molar-refractivity contribution in [3.05, 3.63) is 23.3 Å². The molecule has 0 aromatic heterocycles. The van der Waals surface area contributed by atoms with Crippen molar-refractivity contribution < 1.29 is 13.2 Å². The number of hydrogen-bond acceptors (Lipinski definition) is 4. The van der Waals surface area contributed by atoms with Crippen molar-refractivity contribution in [1.29, 1.82) is 0 Å². The van der Waals surface area contributed by atoms with Crippen LogP contribution in [0.1, 0.15) is 44.7 Å². The Labute approximate surface area is 153 Å². The molecule has 2 N–H and O–H groups in total. The number of ether oxygens (including phenoxy) is 1. The molecular weight excluding hydrogens is 348 g/mol. The van der Waals surface area contributed by atoms with Gasteiger partial charge >= 0.3 is 0 Å². The molecule has 0 amide bonds. The van der Waals surface area contributed by atoms with Gasteiger partial charge in [0.15, 0.2) is 0 Å². The summed E-state index contributed by atoms with van der Waals surface area (Å²) >= 11 is 0. The number of nitrogens with two attached hydrogens (primary N) is 1. The third-order valence-electron chi connectivity index (χ3n) is 4.04. The first kappa shape index (κ1) is 23.2. The van der Waals surface area contributed by atoms with Gasteiger partial charge in [-0.15, -0.1) is 12.4 Å². The van der Waals surface area contributed by atoms with Crippen molar-refractivity contribution in [3.63, 3.8) is 0 Å². The van der Waals surface area contributed by atoms with Crippen molar-refractivity contribution in [2.45, 2.75) is 45.4 Å². The normalized spacial score (nSPS) is 12.4. The van der Waals surface area contributed by atoms with Crippen molar-refractivity contribution in [1.82, 2.24) is 4.31 Å². The minimum absolute atomic E-state index is 0. The van der Waals surface area contributed by atoms with Gasteiger partial charge in [-0.2, -0.15) is 0 Å². The van der Waals surface area contributed by atoms with Crippen molar-refractivity contribution in [2.24, 2.45) is 11.1 Å². The van der Waals surface area contributed by atoms with Gasteiger partial charge in [-0.1, -0.05) is 27.7 Å². The molecule has 0 aliphatic rings. The highest BCUT2D eigenvalue weighted by molar-refractivity contribution is 7.89. The summed E-state index contributed by atoms with van der Waals surface area (Å²) in [6, 6.07) is 3.53. The molecule has 7 heteroatoms. The second-order valence-corrected chi connectivity index (χ2v) is 9.16. The quantitative estimate of drug-likeness (QED) is 0.790. The van der Waals surface area contributed by atoms with Gasteiger partial charge in [0, 0.05) is 13.6 Å². The predicted molar refractivity (Wildman–Crippen MR) is 102 cm³/mol. The lowest BCUT2D eigenvalue weighted by atomic mass is 9.94. The standard InChI is InChI=1S/C17H30N2O3S.ClH/c1-12(2)14-9-16(13(3)8-15(14)22-7)23(20,21)19(6)11-17(4,5)10-18;/h8-9,12H,10-11,18H2,1-7H3;1H. The van der Waals surface area contributed by atoms with Gasteiger partial charge in [0.1, 0.15) is 5.75 Å². The molecule has 140 valence electrons. The van der Waals surface area contributed by atoms with Crippen LogP contribution in [0.5, 0.6) is 5.75 Å². The molecule has 0 aliphatic heterocycles. The van der Waals surface area contributed by atoms with Crippen LogP contribution in [-0.4, -0.2) is 40.0 Å². The van der Waals surface area contributed by atoms with Gasteiger partial charge in [-0.05, 0) is 48.1 Å². The maximum atomic E-state index is 13.0. The van der Waals surface area contributed by atoms with E-state index in [0.717, 1.165) is 11.3 Å². The molecule has 0 aliphatic carbocycles. The zero-order valence-electron chi connectivity index (χ0n) is 15.7. The van der Waals surface area contributed by atoms with Crippen LogP contribution in [0.15, 0.2) is 17.0 Å². The Bertz CT molecular complexity index is 658. The zero-order chi connectivity index (χ0) is 18.0. The van der Waals surface area contributed by atoms with Crippen molar-refractivity contribution >= 4 is 22.4 Å². The number of methoxy groups -OCH3 is 1. The van der Waals surface area contributed by atoms with Gasteiger partial charge < -0.3 is 10.5 Å². The topological polar surface area (TPSA) is 72.6 Å². The summed E-state index contributed by atoms with van der Waals surface area (Å²) in [4.78, 5) is 0.331. The highest BCUT2D eigenvalue weighted by Gasteiger charge is 2.29. The highest BCUT2D eigenvalue weighted by Crippen LogP contribution is 2.33. The molecule has 1 aromatic carbocycles. The van der Waals surface area contributed by atoms with E-state index in [0.29, 0.717) is 23.5 Å². The fourth-order valence-electron chi connectivity index (χ4n) is 2.50.